The Morgan fingerprint density at radius 2 is 2.12 bits per heavy atom. The van der Waals surface area contributed by atoms with Gasteiger partial charge in [-0.3, -0.25) is 9.36 Å². The fourth-order valence-corrected chi connectivity index (χ4v) is 4.08. The molecule has 0 spiro atoms. The van der Waals surface area contributed by atoms with Crippen molar-refractivity contribution in [1.29, 1.82) is 0 Å². The van der Waals surface area contributed by atoms with Crippen molar-refractivity contribution in [1.82, 2.24) is 19.5 Å². The Kier molecular flexibility index (Phi) is 7.31. The van der Waals surface area contributed by atoms with Crippen LogP contribution in [0.25, 0.3) is 22.7 Å². The molecule has 1 fully saturated rings. The second-order valence-electron chi connectivity index (χ2n) is 8.04. The molecule has 0 radical (unpaired) electrons. The third-order valence-electron chi connectivity index (χ3n) is 5.39. The Morgan fingerprint density at radius 3 is 2.85 bits per heavy atom. The first-order valence-electron chi connectivity index (χ1n) is 11.3. The summed E-state index contributed by atoms with van der Waals surface area (Å²) in [7, 11) is 0. The first-order valence-corrected chi connectivity index (χ1v) is 11.7. The highest BCUT2D eigenvalue weighted by Crippen LogP contribution is 2.36. The number of carbonyl (C=O) groups excluding carboxylic acids is 1. The summed E-state index contributed by atoms with van der Waals surface area (Å²) >= 11 is 6.50. The molecule has 0 saturated carbocycles. The van der Waals surface area contributed by atoms with E-state index in [1.165, 1.54) is 19.8 Å². The van der Waals surface area contributed by atoms with Gasteiger partial charge in [0.05, 0.1) is 6.61 Å². The lowest BCUT2D eigenvalue weighted by molar-refractivity contribution is -0.151. The average Bonchev–Trinajstić information content (AvgIpc) is 3.48. The largest absolute Gasteiger partial charge is 0.458 e. The molecule has 1 aliphatic heterocycles. The van der Waals surface area contributed by atoms with Gasteiger partial charge in [-0.2, -0.15) is 0 Å². The maximum Gasteiger partial charge on any atom is 0.303 e. The fraction of sp³-hybridized carbons (Fsp3) is 0.500. The van der Waals surface area contributed by atoms with Crippen LogP contribution in [-0.2, 0) is 14.3 Å². The molecule has 174 valence electrons. The van der Waals surface area contributed by atoms with Gasteiger partial charge in [0, 0.05) is 19.8 Å². The van der Waals surface area contributed by atoms with Crippen LogP contribution in [0.5, 0.6) is 0 Å². The van der Waals surface area contributed by atoms with Gasteiger partial charge in [0.2, 0.25) is 5.82 Å². The number of hydrogen-bond acceptors (Lipinski definition) is 7. The monoisotopic (exact) mass is 470 g/mol. The molecule has 2 unspecified atom stereocenters. The number of aromatic nitrogens is 4. The number of halogens is 1. The SMILES string of the molecule is CCCCCCC#Cc1nc(Cl)c2nc(-c3ccc(C)o3)n(C3OCCC3OC(C)=O)c2n1. The van der Waals surface area contributed by atoms with E-state index in [9.17, 15) is 4.79 Å². The number of aryl methyl sites for hydroxylation is 1. The van der Waals surface area contributed by atoms with Gasteiger partial charge in [0.25, 0.3) is 0 Å². The number of rotatable bonds is 7. The molecule has 0 aliphatic carbocycles. The van der Waals surface area contributed by atoms with Gasteiger partial charge < -0.3 is 13.9 Å². The number of furan rings is 1. The Bertz CT molecular complexity index is 1210. The molecule has 9 heteroatoms. The van der Waals surface area contributed by atoms with Gasteiger partial charge in [-0.25, -0.2) is 15.0 Å². The first-order chi connectivity index (χ1) is 16.0. The third-order valence-corrected chi connectivity index (χ3v) is 5.66. The topological polar surface area (TPSA) is 92.3 Å². The summed E-state index contributed by atoms with van der Waals surface area (Å²) in [6, 6.07) is 3.67. The molecule has 8 nitrogen and oxygen atoms in total. The van der Waals surface area contributed by atoms with Crippen LogP contribution in [0, 0.1) is 18.8 Å². The van der Waals surface area contributed by atoms with Gasteiger partial charge in [0.15, 0.2) is 28.6 Å². The van der Waals surface area contributed by atoms with Gasteiger partial charge in [-0.05, 0) is 31.4 Å². The van der Waals surface area contributed by atoms with Crippen LogP contribution < -0.4 is 0 Å². The predicted octanol–water partition coefficient (Wildman–Crippen LogP) is 5.22. The van der Waals surface area contributed by atoms with Crippen molar-refractivity contribution in [2.24, 2.45) is 0 Å². The molecule has 33 heavy (non-hydrogen) atoms. The quantitative estimate of drug-likeness (QED) is 0.202. The Balaban J connectivity index is 1.77. The highest BCUT2D eigenvalue weighted by atomic mass is 35.5. The van der Waals surface area contributed by atoms with Crippen molar-refractivity contribution in [3.63, 3.8) is 0 Å². The van der Waals surface area contributed by atoms with Crippen molar-refractivity contribution in [3.05, 3.63) is 28.9 Å². The second-order valence-corrected chi connectivity index (χ2v) is 8.39. The standard InChI is InChI=1S/C24H27ClN4O4/c1-4-5-6-7-8-9-10-19-26-21(25)20-23(27-19)29(22(28-20)17-12-11-15(2)32-17)24-18(13-14-31-24)33-16(3)30/h11-12,18,24H,4-8,13-14H2,1-3H3. The summed E-state index contributed by atoms with van der Waals surface area (Å²) in [6.45, 7) is 5.84. The summed E-state index contributed by atoms with van der Waals surface area (Å²) in [5.41, 5.74) is 0.865. The minimum atomic E-state index is -0.625. The van der Waals surface area contributed by atoms with Crippen LogP contribution in [0.4, 0.5) is 0 Å². The van der Waals surface area contributed by atoms with E-state index in [-0.39, 0.29) is 11.1 Å². The van der Waals surface area contributed by atoms with Crippen LogP contribution in [0.2, 0.25) is 5.15 Å². The Labute approximate surface area is 197 Å². The van der Waals surface area contributed by atoms with E-state index in [2.05, 4.69) is 33.7 Å². The van der Waals surface area contributed by atoms with E-state index < -0.39 is 12.3 Å². The number of carbonyl (C=O) groups is 1. The highest BCUT2D eigenvalue weighted by molar-refractivity contribution is 6.33. The molecule has 0 bridgehead atoms. The zero-order valence-electron chi connectivity index (χ0n) is 19.1. The Morgan fingerprint density at radius 1 is 1.27 bits per heavy atom. The number of imidazole rings is 1. The average molecular weight is 471 g/mol. The molecule has 0 amide bonds. The zero-order valence-corrected chi connectivity index (χ0v) is 19.8. The number of nitrogens with zero attached hydrogens (tertiary/aromatic N) is 4. The summed E-state index contributed by atoms with van der Waals surface area (Å²) in [6.07, 6.45) is 4.80. The van der Waals surface area contributed by atoms with Crippen LogP contribution in [-0.4, -0.2) is 38.2 Å². The highest BCUT2D eigenvalue weighted by Gasteiger charge is 2.37. The number of hydrogen-bond donors (Lipinski definition) is 0. The van der Waals surface area contributed by atoms with Crippen molar-refractivity contribution in [3.8, 4) is 23.4 Å². The maximum absolute atomic E-state index is 11.7. The number of fused-ring (bicyclic) bond motifs is 1. The molecule has 1 saturated heterocycles. The third kappa shape index (κ3) is 5.21. The molecule has 1 aliphatic rings. The van der Waals surface area contributed by atoms with Gasteiger partial charge in [0.1, 0.15) is 17.4 Å². The van der Waals surface area contributed by atoms with Gasteiger partial charge in [-0.1, -0.05) is 43.7 Å². The molecular formula is C24H27ClN4O4. The predicted molar refractivity (Wildman–Crippen MR) is 124 cm³/mol. The van der Waals surface area contributed by atoms with E-state index >= 15 is 0 Å². The zero-order chi connectivity index (χ0) is 23.4. The van der Waals surface area contributed by atoms with Crippen molar-refractivity contribution in [2.45, 2.75) is 71.6 Å². The van der Waals surface area contributed by atoms with Gasteiger partial charge in [-0.15, -0.1) is 0 Å². The van der Waals surface area contributed by atoms with Crippen molar-refractivity contribution in [2.75, 3.05) is 6.61 Å². The molecular weight excluding hydrogens is 444 g/mol. The van der Waals surface area contributed by atoms with Crippen molar-refractivity contribution >= 4 is 28.7 Å². The molecule has 3 aromatic heterocycles. The second kappa shape index (κ2) is 10.4. The normalized spacial score (nSPS) is 17.8. The number of esters is 1. The van der Waals surface area contributed by atoms with Gasteiger partial charge >= 0.3 is 5.97 Å². The molecule has 2 atom stereocenters. The first kappa shape index (κ1) is 23.3. The minimum Gasteiger partial charge on any atom is -0.458 e. The minimum absolute atomic E-state index is 0.195. The van der Waals surface area contributed by atoms with Crippen LogP contribution in [0.1, 0.15) is 70.2 Å². The van der Waals surface area contributed by atoms with E-state index in [0.29, 0.717) is 41.6 Å². The molecule has 4 heterocycles. The van der Waals surface area contributed by atoms with Crippen LogP contribution >= 0.6 is 11.6 Å². The van der Waals surface area contributed by atoms with E-state index in [0.717, 1.165) is 25.0 Å². The lowest BCUT2D eigenvalue weighted by Crippen LogP contribution is -2.25. The fourth-order valence-electron chi connectivity index (χ4n) is 3.87. The lowest BCUT2D eigenvalue weighted by atomic mass is 10.2. The summed E-state index contributed by atoms with van der Waals surface area (Å²) < 4.78 is 19.1. The summed E-state index contributed by atoms with van der Waals surface area (Å²) in [4.78, 5) is 25.3. The molecule has 0 aromatic carbocycles. The van der Waals surface area contributed by atoms with Crippen LogP contribution in [0.15, 0.2) is 16.5 Å². The smallest absolute Gasteiger partial charge is 0.303 e. The molecule has 4 rings (SSSR count). The van der Waals surface area contributed by atoms with E-state index in [1.54, 1.807) is 4.57 Å². The summed E-state index contributed by atoms with van der Waals surface area (Å²) in [5.74, 6) is 7.83. The Hall–Kier alpha value is -2.89. The van der Waals surface area contributed by atoms with Crippen molar-refractivity contribution < 1.29 is 18.7 Å². The maximum atomic E-state index is 11.7. The molecule has 3 aromatic rings. The van der Waals surface area contributed by atoms with E-state index in [1.807, 2.05) is 19.1 Å². The van der Waals surface area contributed by atoms with Crippen LogP contribution in [0.3, 0.4) is 0 Å². The number of ether oxygens (including phenoxy) is 2. The van der Waals surface area contributed by atoms with E-state index in [4.69, 9.17) is 25.5 Å². The molecule has 0 N–H and O–H groups in total. The number of unbranched alkanes of at least 4 members (excludes halogenated alkanes) is 4. The lowest BCUT2D eigenvalue weighted by Gasteiger charge is -2.21. The summed E-state index contributed by atoms with van der Waals surface area (Å²) in [5, 5.41) is 0.195.